The number of rotatable bonds is 8. The van der Waals surface area contributed by atoms with Gasteiger partial charge in [-0.3, -0.25) is 9.59 Å². The van der Waals surface area contributed by atoms with Crippen molar-refractivity contribution in [1.82, 2.24) is 4.90 Å². The van der Waals surface area contributed by atoms with Gasteiger partial charge >= 0.3 is 0 Å². The van der Waals surface area contributed by atoms with Crippen LogP contribution in [-0.2, 0) is 4.79 Å². The number of hydrogen-bond donors (Lipinski definition) is 2. The summed E-state index contributed by atoms with van der Waals surface area (Å²) in [6.07, 6.45) is 3.03. The maximum absolute atomic E-state index is 12.8. The third kappa shape index (κ3) is 6.24. The predicted molar refractivity (Wildman–Crippen MR) is 120 cm³/mol. The quantitative estimate of drug-likeness (QED) is 0.678. The maximum atomic E-state index is 12.8. The maximum Gasteiger partial charge on any atom is 0.253 e. The van der Waals surface area contributed by atoms with Crippen LogP contribution < -0.4 is 15.4 Å². The molecule has 2 amide bonds. The Morgan fingerprint density at radius 1 is 1.07 bits per heavy atom. The van der Waals surface area contributed by atoms with E-state index in [0.717, 1.165) is 43.8 Å². The first-order valence-corrected chi connectivity index (χ1v) is 10.7. The first kappa shape index (κ1) is 21.7. The van der Waals surface area contributed by atoms with E-state index in [1.807, 2.05) is 60.4 Å². The van der Waals surface area contributed by atoms with Gasteiger partial charge in [0.05, 0.1) is 13.2 Å². The Hall–Kier alpha value is -3.02. The number of ether oxygens (including phenoxy) is 1. The SMILES string of the molecule is CCCOc1cccc(NC(=O)CNc2cccc(C(=O)N3CCC(C)CC3)c2)c1. The lowest BCUT2D eigenvalue weighted by atomic mass is 9.98. The van der Waals surface area contributed by atoms with Crippen molar-refractivity contribution >= 4 is 23.2 Å². The lowest BCUT2D eigenvalue weighted by Gasteiger charge is -2.30. The van der Waals surface area contributed by atoms with E-state index in [0.29, 0.717) is 23.8 Å². The van der Waals surface area contributed by atoms with E-state index < -0.39 is 0 Å². The minimum atomic E-state index is -0.163. The summed E-state index contributed by atoms with van der Waals surface area (Å²) in [7, 11) is 0. The number of benzene rings is 2. The van der Waals surface area contributed by atoms with Crippen molar-refractivity contribution in [3.05, 3.63) is 54.1 Å². The Morgan fingerprint density at radius 2 is 1.80 bits per heavy atom. The van der Waals surface area contributed by atoms with Crippen LogP contribution in [-0.4, -0.2) is 43.0 Å². The number of nitrogens with zero attached hydrogens (tertiary/aromatic N) is 1. The van der Waals surface area contributed by atoms with Crippen molar-refractivity contribution in [1.29, 1.82) is 0 Å². The smallest absolute Gasteiger partial charge is 0.253 e. The molecule has 160 valence electrons. The molecule has 3 rings (SSSR count). The first-order valence-electron chi connectivity index (χ1n) is 10.7. The Labute approximate surface area is 178 Å². The molecule has 0 saturated carbocycles. The standard InChI is InChI=1S/C24H31N3O3/c1-3-14-30-22-9-5-8-21(16-22)26-23(28)17-25-20-7-4-6-19(15-20)24(29)27-12-10-18(2)11-13-27/h4-9,15-16,18,25H,3,10-14,17H2,1-2H3,(H,26,28). The van der Waals surface area contributed by atoms with Gasteiger partial charge in [-0.1, -0.05) is 26.0 Å². The molecule has 1 aliphatic heterocycles. The van der Waals surface area contributed by atoms with E-state index in [9.17, 15) is 9.59 Å². The largest absolute Gasteiger partial charge is 0.494 e. The molecule has 1 saturated heterocycles. The molecule has 2 aromatic carbocycles. The molecule has 2 N–H and O–H groups in total. The van der Waals surface area contributed by atoms with Crippen LogP contribution in [0.2, 0.25) is 0 Å². The summed E-state index contributed by atoms with van der Waals surface area (Å²) in [5.41, 5.74) is 2.09. The molecular formula is C24H31N3O3. The number of likely N-dealkylation sites (tertiary alicyclic amines) is 1. The van der Waals surface area contributed by atoms with Gasteiger partial charge in [-0.2, -0.15) is 0 Å². The van der Waals surface area contributed by atoms with Gasteiger partial charge in [0.1, 0.15) is 5.75 Å². The van der Waals surface area contributed by atoms with E-state index >= 15 is 0 Å². The van der Waals surface area contributed by atoms with Crippen molar-refractivity contribution in [3.63, 3.8) is 0 Å². The van der Waals surface area contributed by atoms with Gasteiger partial charge < -0.3 is 20.3 Å². The van der Waals surface area contributed by atoms with Gasteiger partial charge in [0, 0.05) is 36.1 Å². The fourth-order valence-corrected chi connectivity index (χ4v) is 3.43. The Morgan fingerprint density at radius 3 is 2.57 bits per heavy atom. The zero-order chi connectivity index (χ0) is 21.3. The third-order valence-corrected chi connectivity index (χ3v) is 5.22. The molecule has 0 atom stereocenters. The molecule has 0 radical (unpaired) electrons. The second-order valence-corrected chi connectivity index (χ2v) is 7.83. The average Bonchev–Trinajstić information content (AvgIpc) is 2.77. The Balaban J connectivity index is 1.52. The van der Waals surface area contributed by atoms with Crippen molar-refractivity contribution in [3.8, 4) is 5.75 Å². The fourth-order valence-electron chi connectivity index (χ4n) is 3.43. The van der Waals surface area contributed by atoms with E-state index in [1.54, 1.807) is 0 Å². The van der Waals surface area contributed by atoms with Gasteiger partial charge in [0.2, 0.25) is 5.91 Å². The lowest BCUT2D eigenvalue weighted by Crippen LogP contribution is -2.37. The van der Waals surface area contributed by atoms with Gasteiger partial charge in [0.15, 0.2) is 0 Å². The predicted octanol–water partition coefficient (Wildman–Crippen LogP) is 4.40. The highest BCUT2D eigenvalue weighted by Gasteiger charge is 2.21. The molecule has 0 bridgehead atoms. The molecule has 1 fully saturated rings. The molecule has 1 aliphatic rings. The number of piperidine rings is 1. The first-order chi connectivity index (χ1) is 14.5. The third-order valence-electron chi connectivity index (χ3n) is 5.22. The Kier molecular flexibility index (Phi) is 7.71. The van der Waals surface area contributed by atoms with E-state index in [2.05, 4.69) is 17.6 Å². The number of anilines is 2. The summed E-state index contributed by atoms with van der Waals surface area (Å²) in [5, 5.41) is 5.97. The minimum Gasteiger partial charge on any atom is -0.494 e. The molecule has 6 heteroatoms. The molecule has 2 aromatic rings. The van der Waals surface area contributed by atoms with Crippen LogP contribution in [0.15, 0.2) is 48.5 Å². The van der Waals surface area contributed by atoms with Crippen molar-refractivity contribution in [2.75, 3.05) is 36.9 Å². The number of nitrogens with one attached hydrogen (secondary N) is 2. The zero-order valence-corrected chi connectivity index (χ0v) is 17.8. The molecule has 0 aromatic heterocycles. The minimum absolute atomic E-state index is 0.0545. The fraction of sp³-hybridized carbons (Fsp3) is 0.417. The normalized spacial score (nSPS) is 14.3. The number of amides is 2. The number of carbonyl (C=O) groups is 2. The van der Waals surface area contributed by atoms with Crippen molar-refractivity contribution in [2.45, 2.75) is 33.1 Å². The molecule has 1 heterocycles. The number of hydrogen-bond acceptors (Lipinski definition) is 4. The van der Waals surface area contributed by atoms with Gasteiger partial charge in [-0.15, -0.1) is 0 Å². The highest BCUT2D eigenvalue weighted by atomic mass is 16.5. The van der Waals surface area contributed by atoms with Crippen LogP contribution in [0.3, 0.4) is 0 Å². The van der Waals surface area contributed by atoms with Gasteiger partial charge in [-0.25, -0.2) is 0 Å². The van der Waals surface area contributed by atoms with Crippen LogP contribution in [0.25, 0.3) is 0 Å². The van der Waals surface area contributed by atoms with Gasteiger partial charge in [0.25, 0.3) is 5.91 Å². The zero-order valence-electron chi connectivity index (χ0n) is 17.8. The summed E-state index contributed by atoms with van der Waals surface area (Å²) in [6, 6.07) is 14.7. The average molecular weight is 410 g/mol. The van der Waals surface area contributed by atoms with Crippen LogP contribution in [0.4, 0.5) is 11.4 Å². The van der Waals surface area contributed by atoms with Crippen molar-refractivity contribution in [2.24, 2.45) is 5.92 Å². The summed E-state index contributed by atoms with van der Waals surface area (Å²) in [6.45, 7) is 6.64. The van der Waals surface area contributed by atoms with Crippen molar-refractivity contribution < 1.29 is 14.3 Å². The van der Waals surface area contributed by atoms with Crippen LogP contribution in [0.5, 0.6) is 5.75 Å². The molecule has 30 heavy (non-hydrogen) atoms. The second kappa shape index (κ2) is 10.7. The molecule has 0 spiro atoms. The van der Waals surface area contributed by atoms with Crippen LogP contribution in [0.1, 0.15) is 43.5 Å². The van der Waals surface area contributed by atoms with Crippen LogP contribution >= 0.6 is 0 Å². The van der Waals surface area contributed by atoms with E-state index in [4.69, 9.17) is 4.74 Å². The lowest BCUT2D eigenvalue weighted by molar-refractivity contribution is -0.114. The molecule has 0 unspecified atom stereocenters. The summed E-state index contributed by atoms with van der Waals surface area (Å²) in [5.74, 6) is 1.31. The van der Waals surface area contributed by atoms with E-state index in [-0.39, 0.29) is 18.4 Å². The topological polar surface area (TPSA) is 70.7 Å². The monoisotopic (exact) mass is 409 g/mol. The molecular weight excluding hydrogens is 378 g/mol. The second-order valence-electron chi connectivity index (χ2n) is 7.83. The molecule has 0 aliphatic carbocycles. The van der Waals surface area contributed by atoms with Gasteiger partial charge in [-0.05, 0) is 55.5 Å². The summed E-state index contributed by atoms with van der Waals surface area (Å²) in [4.78, 5) is 27.0. The highest BCUT2D eigenvalue weighted by Crippen LogP contribution is 2.20. The van der Waals surface area contributed by atoms with E-state index in [1.165, 1.54) is 0 Å². The molecule has 6 nitrogen and oxygen atoms in total. The summed E-state index contributed by atoms with van der Waals surface area (Å²) >= 11 is 0. The number of carbonyl (C=O) groups excluding carboxylic acids is 2. The Bertz CT molecular complexity index is 860. The van der Waals surface area contributed by atoms with Crippen LogP contribution in [0, 0.1) is 5.92 Å². The summed E-state index contributed by atoms with van der Waals surface area (Å²) < 4.78 is 5.60. The highest BCUT2D eigenvalue weighted by molar-refractivity contribution is 5.96.